The van der Waals surface area contributed by atoms with E-state index >= 15 is 4.39 Å². The van der Waals surface area contributed by atoms with Gasteiger partial charge in [0.15, 0.2) is 5.69 Å². The van der Waals surface area contributed by atoms with Gasteiger partial charge in [0.2, 0.25) is 0 Å². The third kappa shape index (κ3) is 5.14. The third-order valence-corrected chi connectivity index (χ3v) is 13.3. The Balaban J connectivity index is 1.12. The molecule has 0 radical (unpaired) electrons. The molecule has 11 rings (SSSR count). The summed E-state index contributed by atoms with van der Waals surface area (Å²) in [6.07, 6.45) is -4.71. The number of alkyl halides is 3. The first kappa shape index (κ1) is 37.1. The number of rotatable bonds is 4. The lowest BCUT2D eigenvalue weighted by molar-refractivity contribution is -0.141. The first-order chi connectivity index (χ1) is 29.3. The van der Waals surface area contributed by atoms with Gasteiger partial charge in [0, 0.05) is 33.3 Å². The Morgan fingerprint density at radius 2 is 0.852 bits per heavy atom. The number of para-hydroxylation sites is 4. The zero-order valence-corrected chi connectivity index (χ0v) is 34.0. The number of nitrogens with zero attached hydrogens (tertiary/aromatic N) is 4. The van der Waals surface area contributed by atoms with Gasteiger partial charge in [-0.05, 0) is 106 Å². The van der Waals surface area contributed by atoms with Gasteiger partial charge < -0.3 is 9.80 Å². The number of anilines is 6. The quantitative estimate of drug-likeness (QED) is 0.166. The highest BCUT2D eigenvalue weighted by molar-refractivity contribution is 5.88. The van der Waals surface area contributed by atoms with Crippen molar-refractivity contribution >= 4 is 34.1 Å². The van der Waals surface area contributed by atoms with Gasteiger partial charge in [0.05, 0.1) is 28.4 Å². The largest absolute Gasteiger partial charge is 0.435 e. The molecule has 0 aliphatic carbocycles. The molecule has 8 aromatic rings. The molecule has 8 heteroatoms. The van der Waals surface area contributed by atoms with Gasteiger partial charge in [-0.15, -0.1) is 0 Å². The molecule has 4 nitrogen and oxygen atoms in total. The molecule has 0 N–H and O–H groups in total. The van der Waals surface area contributed by atoms with Crippen molar-refractivity contribution in [1.29, 1.82) is 0 Å². The van der Waals surface area contributed by atoms with Crippen molar-refractivity contribution in [2.75, 3.05) is 9.80 Å². The molecule has 300 valence electrons. The molecule has 0 saturated carbocycles. The van der Waals surface area contributed by atoms with Gasteiger partial charge in [0.25, 0.3) is 0 Å². The van der Waals surface area contributed by atoms with Gasteiger partial charge in [-0.3, -0.25) is 0 Å². The summed E-state index contributed by atoms with van der Waals surface area (Å²) < 4.78 is 60.9. The van der Waals surface area contributed by atoms with Crippen molar-refractivity contribution in [2.24, 2.45) is 0 Å². The average molecular weight is 809 g/mol. The fourth-order valence-corrected chi connectivity index (χ4v) is 10.4. The molecule has 4 heterocycles. The Hall–Kier alpha value is -6.93. The van der Waals surface area contributed by atoms with Crippen LogP contribution in [0.3, 0.4) is 0 Å². The van der Waals surface area contributed by atoms with Crippen LogP contribution >= 0.6 is 0 Å². The van der Waals surface area contributed by atoms with Crippen LogP contribution in [0.25, 0.3) is 11.3 Å². The van der Waals surface area contributed by atoms with Crippen molar-refractivity contribution in [3.63, 3.8) is 0 Å². The van der Waals surface area contributed by atoms with Crippen molar-refractivity contribution < 1.29 is 17.6 Å². The van der Waals surface area contributed by atoms with E-state index in [0.29, 0.717) is 22.3 Å². The van der Waals surface area contributed by atoms with Crippen molar-refractivity contribution in [3.05, 3.63) is 220 Å². The van der Waals surface area contributed by atoms with Crippen LogP contribution in [0.2, 0.25) is 0 Å². The first-order valence-corrected chi connectivity index (χ1v) is 20.5. The monoisotopic (exact) mass is 808 g/mol. The summed E-state index contributed by atoms with van der Waals surface area (Å²) in [5, 5.41) is 4.34. The van der Waals surface area contributed by atoms with Crippen LogP contribution in [-0.2, 0) is 22.5 Å². The van der Waals surface area contributed by atoms with E-state index in [-0.39, 0.29) is 16.5 Å². The van der Waals surface area contributed by atoms with E-state index in [2.05, 4.69) is 115 Å². The van der Waals surface area contributed by atoms with Crippen LogP contribution in [0.4, 0.5) is 51.7 Å². The van der Waals surface area contributed by atoms with Crippen LogP contribution in [-0.4, -0.2) is 9.78 Å². The Bertz CT molecular complexity index is 2800. The van der Waals surface area contributed by atoms with Crippen molar-refractivity contribution in [1.82, 2.24) is 9.78 Å². The smallest absolute Gasteiger partial charge is 0.310 e. The maximum Gasteiger partial charge on any atom is 0.435 e. The molecule has 3 aliphatic heterocycles. The summed E-state index contributed by atoms with van der Waals surface area (Å²) in [6, 6.07) is 54.7. The Kier molecular flexibility index (Phi) is 7.78. The third-order valence-electron chi connectivity index (χ3n) is 13.3. The Morgan fingerprint density at radius 1 is 0.459 bits per heavy atom. The maximum absolute atomic E-state index is 15.6. The topological polar surface area (TPSA) is 24.3 Å². The van der Waals surface area contributed by atoms with Crippen molar-refractivity contribution in [2.45, 2.75) is 50.2 Å². The lowest BCUT2D eigenvalue weighted by Gasteiger charge is -2.42. The highest BCUT2D eigenvalue weighted by atomic mass is 19.4. The number of hydrogen-bond donors (Lipinski definition) is 0. The molecule has 0 spiro atoms. The minimum atomic E-state index is -4.71. The minimum Gasteiger partial charge on any atom is -0.310 e. The summed E-state index contributed by atoms with van der Waals surface area (Å²) in [4.78, 5) is 4.47. The molecule has 0 amide bonds. The molecular formula is C53H40F4N4. The number of halogens is 4. The zero-order chi connectivity index (χ0) is 42.1. The van der Waals surface area contributed by atoms with Gasteiger partial charge in [-0.1, -0.05) is 125 Å². The summed E-state index contributed by atoms with van der Waals surface area (Å²) in [7, 11) is 0. The molecule has 7 aromatic carbocycles. The van der Waals surface area contributed by atoms with Crippen LogP contribution in [0.5, 0.6) is 0 Å². The summed E-state index contributed by atoms with van der Waals surface area (Å²) in [5.74, 6) is -0.494. The molecule has 0 saturated heterocycles. The van der Waals surface area contributed by atoms with Crippen LogP contribution < -0.4 is 9.80 Å². The number of aromatic nitrogens is 2. The fourth-order valence-electron chi connectivity index (χ4n) is 10.4. The molecule has 0 unspecified atom stereocenters. The summed E-state index contributed by atoms with van der Waals surface area (Å²) >= 11 is 0. The first-order valence-electron chi connectivity index (χ1n) is 20.5. The lowest BCUT2D eigenvalue weighted by Crippen LogP contribution is -2.36. The van der Waals surface area contributed by atoms with E-state index in [9.17, 15) is 13.2 Å². The van der Waals surface area contributed by atoms with E-state index < -0.39 is 23.2 Å². The molecule has 3 aliphatic rings. The van der Waals surface area contributed by atoms with E-state index in [1.165, 1.54) is 39.1 Å². The Labute approximate surface area is 352 Å². The predicted octanol–water partition coefficient (Wildman–Crippen LogP) is 14.1. The van der Waals surface area contributed by atoms with Crippen LogP contribution in [0.15, 0.2) is 170 Å². The summed E-state index contributed by atoms with van der Waals surface area (Å²) in [5.41, 5.74) is 10.2. The zero-order valence-electron chi connectivity index (χ0n) is 34.0. The standard InChI is InChI=1S/C53H40F4N4/c1-50(2)39-13-5-9-17-44(39)59(45-18-10-6-14-40(45)50)36-26-21-33(22-27-36)52(43-31-35(54)25-30-38(43)48-32-49(53(55,56)57)58-61(48)52)34-23-28-37(29-24-34)60-46-19-11-7-15-41(46)51(3,4)42-16-8-12-20-47(42)60/h5-32H,1-4H3. The molecule has 61 heavy (non-hydrogen) atoms. The van der Waals surface area contributed by atoms with Gasteiger partial charge in [-0.2, -0.15) is 18.3 Å². The molecular weight excluding hydrogens is 769 g/mol. The van der Waals surface area contributed by atoms with E-state index in [1.807, 2.05) is 72.8 Å². The average Bonchev–Trinajstić information content (AvgIpc) is 3.82. The van der Waals surface area contributed by atoms with Crippen molar-refractivity contribution in [3.8, 4) is 11.3 Å². The lowest BCUT2D eigenvalue weighted by atomic mass is 9.73. The van der Waals surface area contributed by atoms with E-state index in [1.54, 1.807) is 6.07 Å². The Morgan fingerprint density at radius 3 is 1.25 bits per heavy atom. The predicted molar refractivity (Wildman–Crippen MR) is 234 cm³/mol. The second-order valence-corrected chi connectivity index (χ2v) is 17.3. The van der Waals surface area contributed by atoms with Gasteiger partial charge in [-0.25, -0.2) is 9.07 Å². The maximum atomic E-state index is 15.6. The molecule has 1 aromatic heterocycles. The normalized spacial score (nSPS) is 16.2. The SMILES string of the molecule is CC1(C)c2ccccc2N(c2ccc(C3(c4ccc(N5c6ccccc6C(C)(C)c6ccccc65)cc4)c4cc(F)ccc4-c4cc(C(F)(F)F)nn43)cc2)c2ccccc21. The van der Waals surface area contributed by atoms with Crippen LogP contribution in [0.1, 0.15) is 72.3 Å². The summed E-state index contributed by atoms with van der Waals surface area (Å²) in [6.45, 7) is 8.93. The van der Waals surface area contributed by atoms with Crippen LogP contribution in [0, 0.1) is 5.82 Å². The van der Waals surface area contributed by atoms with Gasteiger partial charge in [0.1, 0.15) is 11.4 Å². The molecule has 0 atom stereocenters. The van der Waals surface area contributed by atoms with E-state index in [0.717, 1.165) is 40.2 Å². The fraction of sp³-hybridized carbons (Fsp3) is 0.151. The molecule has 0 bridgehead atoms. The second-order valence-electron chi connectivity index (χ2n) is 17.3. The highest BCUT2D eigenvalue weighted by Crippen LogP contribution is 2.56. The number of benzene rings is 7. The molecule has 0 fully saturated rings. The number of fused-ring (bicyclic) bond motifs is 7. The number of hydrogen-bond acceptors (Lipinski definition) is 3. The van der Waals surface area contributed by atoms with E-state index in [4.69, 9.17) is 0 Å². The van der Waals surface area contributed by atoms with Gasteiger partial charge >= 0.3 is 6.18 Å². The minimum absolute atomic E-state index is 0.251. The second kappa shape index (κ2) is 12.8. The highest BCUT2D eigenvalue weighted by Gasteiger charge is 2.50.